The van der Waals surface area contributed by atoms with Gasteiger partial charge in [0.2, 0.25) is 0 Å². The number of para-hydroxylation sites is 1. The summed E-state index contributed by atoms with van der Waals surface area (Å²) in [5.74, 6) is 0. The third-order valence-corrected chi connectivity index (χ3v) is 3.70. The second-order valence-electron chi connectivity index (χ2n) is 4.69. The maximum atomic E-state index is 12.4. The molecule has 6 nitrogen and oxygen atoms in total. The fraction of sp³-hybridized carbons (Fsp3) is 0.0667. The number of rotatable bonds is 3. The Hall–Kier alpha value is -2.73. The smallest absolute Gasteiger partial charge is 0.275 e. The second kappa shape index (κ2) is 5.57. The molecule has 0 unspecified atom stereocenters. The van der Waals surface area contributed by atoms with Gasteiger partial charge in [-0.25, -0.2) is 4.98 Å². The summed E-state index contributed by atoms with van der Waals surface area (Å²) in [5, 5.41) is 11.8. The van der Waals surface area contributed by atoms with Crippen LogP contribution in [-0.2, 0) is 6.54 Å². The van der Waals surface area contributed by atoms with Crippen LogP contribution in [-0.4, -0.2) is 14.5 Å². The molecule has 0 atom stereocenters. The Morgan fingerprint density at radius 2 is 1.95 bits per heavy atom. The minimum atomic E-state index is -0.513. The number of fused-ring (bicyclic) bond motifs is 1. The molecule has 1 heterocycles. The average Bonchev–Trinajstić information content (AvgIpc) is 2.51. The zero-order chi connectivity index (χ0) is 15.7. The molecular formula is C15H10ClN3O3. The van der Waals surface area contributed by atoms with E-state index in [4.69, 9.17) is 11.6 Å². The molecule has 1 aromatic heterocycles. The quantitative estimate of drug-likeness (QED) is 0.550. The van der Waals surface area contributed by atoms with Gasteiger partial charge in [0.25, 0.3) is 11.2 Å². The predicted octanol–water partition coefficient (Wildman–Crippen LogP) is 3.01. The second-order valence-corrected chi connectivity index (χ2v) is 5.10. The van der Waals surface area contributed by atoms with Crippen LogP contribution < -0.4 is 5.56 Å². The van der Waals surface area contributed by atoms with E-state index in [-0.39, 0.29) is 28.4 Å². The molecule has 0 aliphatic carbocycles. The lowest BCUT2D eigenvalue weighted by Gasteiger charge is -2.08. The summed E-state index contributed by atoms with van der Waals surface area (Å²) >= 11 is 6.05. The lowest BCUT2D eigenvalue weighted by atomic mass is 10.1. The SMILES string of the molecule is O=c1c2ccccc2ncn1Cc1c(Cl)cccc1[N+](=O)[O-]. The first-order valence-corrected chi connectivity index (χ1v) is 6.81. The summed E-state index contributed by atoms with van der Waals surface area (Å²) in [5.41, 5.74) is 0.484. The lowest BCUT2D eigenvalue weighted by molar-refractivity contribution is -0.385. The Morgan fingerprint density at radius 1 is 1.18 bits per heavy atom. The van der Waals surface area contributed by atoms with Gasteiger partial charge in [-0.2, -0.15) is 0 Å². The number of halogens is 1. The summed E-state index contributed by atoms with van der Waals surface area (Å²) in [4.78, 5) is 27.2. The fourth-order valence-corrected chi connectivity index (χ4v) is 2.49. The van der Waals surface area contributed by atoms with E-state index in [1.165, 1.54) is 23.0 Å². The number of hydrogen-bond acceptors (Lipinski definition) is 4. The number of hydrogen-bond donors (Lipinski definition) is 0. The number of nitrogens with zero attached hydrogens (tertiary/aromatic N) is 3. The van der Waals surface area contributed by atoms with Crippen LogP contribution in [0.25, 0.3) is 10.9 Å². The molecule has 0 radical (unpaired) electrons. The van der Waals surface area contributed by atoms with Crippen LogP contribution in [0.1, 0.15) is 5.56 Å². The van der Waals surface area contributed by atoms with Gasteiger partial charge in [-0.05, 0) is 18.2 Å². The molecule has 0 N–H and O–H groups in total. The molecule has 0 bridgehead atoms. The van der Waals surface area contributed by atoms with E-state index in [0.717, 1.165) is 0 Å². The highest BCUT2D eigenvalue weighted by atomic mass is 35.5. The van der Waals surface area contributed by atoms with E-state index in [1.807, 2.05) is 0 Å². The van der Waals surface area contributed by atoms with E-state index in [1.54, 1.807) is 30.3 Å². The summed E-state index contributed by atoms with van der Waals surface area (Å²) in [7, 11) is 0. The zero-order valence-corrected chi connectivity index (χ0v) is 12.0. The van der Waals surface area contributed by atoms with Crippen molar-refractivity contribution in [2.45, 2.75) is 6.54 Å². The minimum Gasteiger partial charge on any atom is -0.294 e. The first-order valence-electron chi connectivity index (χ1n) is 6.44. The van der Waals surface area contributed by atoms with Crippen molar-refractivity contribution < 1.29 is 4.92 Å². The predicted molar refractivity (Wildman–Crippen MR) is 83.2 cm³/mol. The monoisotopic (exact) mass is 315 g/mol. The Bertz CT molecular complexity index is 937. The molecule has 0 saturated carbocycles. The zero-order valence-electron chi connectivity index (χ0n) is 11.3. The number of nitro groups is 1. The molecule has 2 aromatic carbocycles. The van der Waals surface area contributed by atoms with Crippen LogP contribution in [0.3, 0.4) is 0 Å². The third kappa shape index (κ3) is 2.44. The van der Waals surface area contributed by atoms with Crippen LogP contribution >= 0.6 is 11.6 Å². The molecule has 3 rings (SSSR count). The summed E-state index contributed by atoms with van der Waals surface area (Å²) < 4.78 is 1.32. The van der Waals surface area contributed by atoms with Crippen molar-refractivity contribution >= 4 is 28.2 Å². The number of benzene rings is 2. The van der Waals surface area contributed by atoms with Gasteiger partial charge in [0.1, 0.15) is 0 Å². The van der Waals surface area contributed by atoms with Crippen molar-refractivity contribution in [3.63, 3.8) is 0 Å². The average molecular weight is 316 g/mol. The standard InChI is InChI=1S/C15H10ClN3O3/c16-12-5-3-7-14(19(21)22)11(12)8-18-9-17-13-6-2-1-4-10(13)15(18)20/h1-7,9H,8H2. The molecule has 0 spiro atoms. The molecule has 0 aliphatic heterocycles. The van der Waals surface area contributed by atoms with E-state index in [2.05, 4.69) is 4.98 Å². The van der Waals surface area contributed by atoms with E-state index >= 15 is 0 Å². The Labute approximate surface area is 129 Å². The van der Waals surface area contributed by atoms with Crippen molar-refractivity contribution in [2.24, 2.45) is 0 Å². The molecule has 0 fully saturated rings. The first kappa shape index (κ1) is 14.2. The number of nitro benzene ring substituents is 1. The minimum absolute atomic E-state index is 0.00729. The van der Waals surface area contributed by atoms with Gasteiger partial charge in [0.05, 0.1) is 39.3 Å². The topological polar surface area (TPSA) is 78.0 Å². The van der Waals surface area contributed by atoms with Gasteiger partial charge >= 0.3 is 0 Å². The maximum Gasteiger partial charge on any atom is 0.275 e. The van der Waals surface area contributed by atoms with Crippen molar-refractivity contribution in [2.75, 3.05) is 0 Å². The van der Waals surface area contributed by atoms with E-state index < -0.39 is 4.92 Å². The molecule has 0 saturated heterocycles. The molecule has 110 valence electrons. The van der Waals surface area contributed by atoms with Crippen LogP contribution in [0.2, 0.25) is 5.02 Å². The summed E-state index contributed by atoms with van der Waals surface area (Å²) in [6, 6.07) is 11.4. The van der Waals surface area contributed by atoms with E-state index in [9.17, 15) is 14.9 Å². The molecule has 0 aliphatic rings. The highest BCUT2D eigenvalue weighted by Gasteiger charge is 2.17. The highest BCUT2D eigenvalue weighted by Crippen LogP contribution is 2.26. The van der Waals surface area contributed by atoms with E-state index in [0.29, 0.717) is 10.9 Å². The summed E-state index contributed by atoms with van der Waals surface area (Å²) in [6.45, 7) is -0.00729. The van der Waals surface area contributed by atoms with Crippen LogP contribution in [0, 0.1) is 10.1 Å². The Morgan fingerprint density at radius 3 is 2.73 bits per heavy atom. The molecule has 7 heteroatoms. The number of aromatic nitrogens is 2. The van der Waals surface area contributed by atoms with Crippen LogP contribution in [0.5, 0.6) is 0 Å². The van der Waals surface area contributed by atoms with Gasteiger partial charge in [0, 0.05) is 6.07 Å². The molecule has 22 heavy (non-hydrogen) atoms. The van der Waals surface area contributed by atoms with Gasteiger partial charge in [-0.15, -0.1) is 0 Å². The summed E-state index contributed by atoms with van der Waals surface area (Å²) in [6.07, 6.45) is 1.37. The van der Waals surface area contributed by atoms with Gasteiger partial charge in [-0.1, -0.05) is 29.8 Å². The Kier molecular flexibility index (Phi) is 3.60. The van der Waals surface area contributed by atoms with Crippen LogP contribution in [0.4, 0.5) is 5.69 Å². The fourth-order valence-electron chi connectivity index (χ4n) is 2.26. The highest BCUT2D eigenvalue weighted by molar-refractivity contribution is 6.31. The van der Waals surface area contributed by atoms with Crippen molar-refractivity contribution in [1.82, 2.24) is 9.55 Å². The molecular weight excluding hydrogens is 306 g/mol. The molecule has 3 aromatic rings. The first-order chi connectivity index (χ1) is 10.6. The van der Waals surface area contributed by atoms with Gasteiger partial charge < -0.3 is 0 Å². The Balaban J connectivity index is 2.14. The van der Waals surface area contributed by atoms with Crippen molar-refractivity contribution in [3.8, 4) is 0 Å². The van der Waals surface area contributed by atoms with Crippen molar-refractivity contribution in [1.29, 1.82) is 0 Å². The normalized spacial score (nSPS) is 10.8. The molecule has 0 amide bonds. The van der Waals surface area contributed by atoms with Crippen molar-refractivity contribution in [3.05, 3.63) is 79.8 Å². The lowest BCUT2D eigenvalue weighted by Crippen LogP contribution is -2.21. The van der Waals surface area contributed by atoms with Gasteiger partial charge in [0.15, 0.2) is 0 Å². The largest absolute Gasteiger partial charge is 0.294 e. The maximum absolute atomic E-state index is 12.4. The van der Waals surface area contributed by atoms with Gasteiger partial charge in [-0.3, -0.25) is 19.5 Å². The third-order valence-electron chi connectivity index (χ3n) is 3.35. The van der Waals surface area contributed by atoms with Crippen LogP contribution in [0.15, 0.2) is 53.6 Å².